The maximum absolute atomic E-state index is 12.7. The van der Waals surface area contributed by atoms with Gasteiger partial charge in [-0.15, -0.1) is 11.8 Å². The highest BCUT2D eigenvalue weighted by molar-refractivity contribution is 8.00. The van der Waals surface area contributed by atoms with Crippen LogP contribution in [-0.4, -0.2) is 61.1 Å². The summed E-state index contributed by atoms with van der Waals surface area (Å²) in [5.74, 6) is -0.545. The molecule has 1 amide bonds. The van der Waals surface area contributed by atoms with Gasteiger partial charge >= 0.3 is 5.97 Å². The normalized spacial score (nSPS) is 21.1. The maximum atomic E-state index is 12.7. The van der Waals surface area contributed by atoms with Crippen LogP contribution in [0.4, 0.5) is 0 Å². The van der Waals surface area contributed by atoms with Crippen LogP contribution in [0.3, 0.4) is 0 Å². The van der Waals surface area contributed by atoms with Crippen LogP contribution in [0, 0.1) is 0 Å². The topological polar surface area (TPSA) is 80.8 Å². The number of carbonyl (C=O) groups excluding carboxylic acids is 2. The summed E-state index contributed by atoms with van der Waals surface area (Å²) >= 11 is 1.41. The lowest BCUT2D eigenvalue weighted by atomic mass is 10.1. The molecule has 2 aliphatic rings. The molecule has 0 bridgehead atoms. The predicted octanol–water partition coefficient (Wildman–Crippen LogP) is 2.23. The fourth-order valence-electron chi connectivity index (χ4n) is 3.91. The van der Waals surface area contributed by atoms with Gasteiger partial charge in [0.05, 0.1) is 17.3 Å². The standard InChI is InChI=1S/C20H27NO5S2/c1-3-21(17-9-10-28(24,25)13-17)20(23)14(2)26-19(22)12-27-18-8-7-15-5-4-6-16(15)11-18/h7-8,11,14,17H,3-6,9-10,12-13H2,1-2H3/t14-,17+/m1/s1. The summed E-state index contributed by atoms with van der Waals surface area (Å²) in [6, 6.07) is 5.95. The smallest absolute Gasteiger partial charge is 0.317 e. The van der Waals surface area contributed by atoms with Gasteiger partial charge in [-0.25, -0.2) is 8.42 Å². The van der Waals surface area contributed by atoms with E-state index < -0.39 is 21.9 Å². The molecule has 1 aromatic rings. The van der Waals surface area contributed by atoms with Gasteiger partial charge in [-0.3, -0.25) is 9.59 Å². The van der Waals surface area contributed by atoms with Gasteiger partial charge in [0.15, 0.2) is 15.9 Å². The monoisotopic (exact) mass is 425 g/mol. The summed E-state index contributed by atoms with van der Waals surface area (Å²) < 4.78 is 28.7. The van der Waals surface area contributed by atoms with Crippen molar-refractivity contribution < 1.29 is 22.7 Å². The van der Waals surface area contributed by atoms with Crippen molar-refractivity contribution in [3.8, 4) is 0 Å². The molecule has 28 heavy (non-hydrogen) atoms. The first-order chi connectivity index (χ1) is 13.3. The summed E-state index contributed by atoms with van der Waals surface area (Å²) in [4.78, 5) is 27.4. The highest BCUT2D eigenvalue weighted by atomic mass is 32.2. The molecule has 0 spiro atoms. The van der Waals surface area contributed by atoms with Crippen molar-refractivity contribution in [2.24, 2.45) is 0 Å². The molecule has 0 saturated carbocycles. The zero-order chi connectivity index (χ0) is 20.3. The van der Waals surface area contributed by atoms with Crippen LogP contribution in [0.25, 0.3) is 0 Å². The van der Waals surface area contributed by atoms with Gasteiger partial charge in [-0.05, 0) is 62.8 Å². The number of hydrogen-bond acceptors (Lipinski definition) is 6. The minimum absolute atomic E-state index is 0.0125. The third kappa shape index (κ3) is 5.08. The maximum Gasteiger partial charge on any atom is 0.317 e. The Hall–Kier alpha value is -1.54. The Morgan fingerprint density at radius 1 is 1.29 bits per heavy atom. The molecule has 1 aliphatic carbocycles. The Labute approximate surface area is 170 Å². The number of fused-ring (bicyclic) bond motifs is 1. The van der Waals surface area contributed by atoms with E-state index in [-0.39, 0.29) is 29.2 Å². The van der Waals surface area contributed by atoms with E-state index in [4.69, 9.17) is 4.74 Å². The Balaban J connectivity index is 1.50. The van der Waals surface area contributed by atoms with Crippen molar-refractivity contribution >= 4 is 33.5 Å². The third-order valence-corrected chi connectivity index (χ3v) is 8.07. The van der Waals surface area contributed by atoms with Crippen LogP contribution in [0.15, 0.2) is 23.1 Å². The van der Waals surface area contributed by atoms with E-state index in [2.05, 4.69) is 12.1 Å². The zero-order valence-electron chi connectivity index (χ0n) is 16.3. The van der Waals surface area contributed by atoms with E-state index in [0.29, 0.717) is 13.0 Å². The Bertz CT molecular complexity index is 852. The van der Waals surface area contributed by atoms with Crippen molar-refractivity contribution in [3.05, 3.63) is 29.3 Å². The van der Waals surface area contributed by atoms with Crippen LogP contribution >= 0.6 is 11.8 Å². The fourth-order valence-corrected chi connectivity index (χ4v) is 6.38. The number of sulfone groups is 1. The minimum Gasteiger partial charge on any atom is -0.452 e. The number of amides is 1. The molecule has 154 valence electrons. The van der Waals surface area contributed by atoms with E-state index in [1.165, 1.54) is 34.2 Å². The molecule has 1 aromatic carbocycles. The second-order valence-electron chi connectivity index (χ2n) is 7.39. The van der Waals surface area contributed by atoms with E-state index in [0.717, 1.165) is 17.7 Å². The molecule has 0 aromatic heterocycles. The summed E-state index contributed by atoms with van der Waals surface area (Å²) in [7, 11) is -3.08. The summed E-state index contributed by atoms with van der Waals surface area (Å²) in [5, 5.41) is 0. The van der Waals surface area contributed by atoms with Gasteiger partial charge in [-0.1, -0.05) is 6.07 Å². The van der Waals surface area contributed by atoms with Gasteiger partial charge in [0.2, 0.25) is 0 Å². The number of hydrogen-bond donors (Lipinski definition) is 0. The number of benzene rings is 1. The lowest BCUT2D eigenvalue weighted by Gasteiger charge is -2.29. The zero-order valence-corrected chi connectivity index (χ0v) is 18.0. The number of likely N-dealkylation sites (N-methyl/N-ethyl adjacent to an activating group) is 1. The number of nitrogens with zero attached hydrogens (tertiary/aromatic N) is 1. The fraction of sp³-hybridized carbons (Fsp3) is 0.600. The Morgan fingerprint density at radius 2 is 2.04 bits per heavy atom. The summed E-state index contributed by atoms with van der Waals surface area (Å²) in [6.07, 6.45) is 2.91. The lowest BCUT2D eigenvalue weighted by molar-refractivity contribution is -0.157. The summed E-state index contributed by atoms with van der Waals surface area (Å²) in [5.41, 5.74) is 2.74. The molecular formula is C20H27NO5S2. The van der Waals surface area contributed by atoms with Crippen molar-refractivity contribution in [3.63, 3.8) is 0 Å². The number of aryl methyl sites for hydroxylation is 2. The lowest BCUT2D eigenvalue weighted by Crippen LogP contribution is -2.46. The molecule has 6 nitrogen and oxygen atoms in total. The molecule has 8 heteroatoms. The molecule has 1 saturated heterocycles. The number of esters is 1. The van der Waals surface area contributed by atoms with E-state index in [1.54, 1.807) is 13.8 Å². The van der Waals surface area contributed by atoms with Crippen LogP contribution in [0.1, 0.15) is 37.8 Å². The highest BCUT2D eigenvalue weighted by Gasteiger charge is 2.36. The number of carbonyl (C=O) groups is 2. The van der Waals surface area contributed by atoms with Crippen molar-refractivity contribution in [1.29, 1.82) is 0 Å². The first kappa shape index (κ1) is 21.2. The molecule has 1 aliphatic heterocycles. The van der Waals surface area contributed by atoms with E-state index in [1.807, 2.05) is 6.07 Å². The molecular weight excluding hydrogens is 398 g/mol. The second kappa shape index (κ2) is 8.86. The van der Waals surface area contributed by atoms with Crippen LogP contribution < -0.4 is 0 Å². The molecule has 0 N–H and O–H groups in total. The minimum atomic E-state index is -3.08. The van der Waals surface area contributed by atoms with E-state index in [9.17, 15) is 18.0 Å². The third-order valence-electron chi connectivity index (χ3n) is 5.36. The highest BCUT2D eigenvalue weighted by Crippen LogP contribution is 2.27. The number of ether oxygens (including phenoxy) is 1. The molecule has 3 rings (SSSR count). The first-order valence-corrected chi connectivity index (χ1v) is 12.5. The molecule has 2 atom stereocenters. The van der Waals surface area contributed by atoms with Gasteiger partial charge in [0.25, 0.3) is 5.91 Å². The number of thioether (sulfide) groups is 1. The van der Waals surface area contributed by atoms with Crippen molar-refractivity contribution in [2.75, 3.05) is 23.8 Å². The quantitative estimate of drug-likeness (QED) is 0.492. The number of rotatable bonds is 7. The molecule has 0 unspecified atom stereocenters. The van der Waals surface area contributed by atoms with Gasteiger partial charge < -0.3 is 9.64 Å². The summed E-state index contributed by atoms with van der Waals surface area (Å²) in [6.45, 7) is 3.75. The van der Waals surface area contributed by atoms with Crippen LogP contribution in [-0.2, 0) is 37.0 Å². The SMILES string of the molecule is CCN(C(=O)[C@@H](C)OC(=O)CSc1ccc2c(c1)CCC2)[C@H]1CCS(=O)(=O)C1. The van der Waals surface area contributed by atoms with Gasteiger partial charge in [0, 0.05) is 17.5 Å². The predicted molar refractivity (Wildman–Crippen MR) is 109 cm³/mol. The molecule has 0 radical (unpaired) electrons. The van der Waals surface area contributed by atoms with Crippen molar-refractivity contribution in [2.45, 2.75) is 56.6 Å². The second-order valence-corrected chi connectivity index (χ2v) is 10.7. The van der Waals surface area contributed by atoms with Gasteiger partial charge in [0.1, 0.15) is 0 Å². The molecule has 1 fully saturated rings. The van der Waals surface area contributed by atoms with E-state index >= 15 is 0 Å². The Kier molecular flexibility index (Phi) is 6.70. The van der Waals surface area contributed by atoms with Crippen molar-refractivity contribution in [1.82, 2.24) is 4.90 Å². The first-order valence-electron chi connectivity index (χ1n) is 9.74. The largest absolute Gasteiger partial charge is 0.452 e. The van der Waals surface area contributed by atoms with Crippen LogP contribution in [0.5, 0.6) is 0 Å². The van der Waals surface area contributed by atoms with Gasteiger partial charge in [-0.2, -0.15) is 0 Å². The average Bonchev–Trinajstić information content (AvgIpc) is 3.26. The van der Waals surface area contributed by atoms with Crippen LogP contribution in [0.2, 0.25) is 0 Å². The average molecular weight is 426 g/mol. The molecule has 1 heterocycles. The Morgan fingerprint density at radius 3 is 2.71 bits per heavy atom.